The lowest BCUT2D eigenvalue weighted by Gasteiger charge is -2.03. The van der Waals surface area contributed by atoms with E-state index in [1.165, 1.54) is 23.3 Å². The van der Waals surface area contributed by atoms with E-state index in [-0.39, 0.29) is 12.5 Å². The van der Waals surface area contributed by atoms with Crippen LogP contribution in [0.3, 0.4) is 0 Å². The second-order valence-corrected chi connectivity index (χ2v) is 2.93. The predicted octanol–water partition coefficient (Wildman–Crippen LogP) is -0.154. The van der Waals surface area contributed by atoms with Crippen LogP contribution >= 0.6 is 0 Å². The fourth-order valence-corrected chi connectivity index (χ4v) is 1.05. The number of rotatable bonds is 3. The number of amides is 1. The molecule has 0 saturated heterocycles. The molecule has 2 aromatic heterocycles. The number of nitrogens with one attached hydrogen (secondary N) is 1. The van der Waals surface area contributed by atoms with E-state index in [1.807, 2.05) is 0 Å². The third-order valence-corrected chi connectivity index (χ3v) is 1.71. The molecular weight excluding hydrogens is 215 g/mol. The Morgan fingerprint density at radius 3 is 3.00 bits per heavy atom. The Morgan fingerprint density at radius 2 is 2.38 bits per heavy atom. The number of anilines is 1. The number of halogens is 1. The minimum absolute atomic E-state index is 0.00955. The number of tetrazole rings is 1. The molecule has 0 bridgehead atoms. The molecule has 2 heterocycles. The van der Waals surface area contributed by atoms with E-state index in [0.29, 0.717) is 5.69 Å². The molecule has 7 nitrogen and oxygen atoms in total. The minimum atomic E-state index is -0.599. The van der Waals surface area contributed by atoms with Crippen LogP contribution in [0.2, 0.25) is 0 Å². The lowest BCUT2D eigenvalue weighted by molar-refractivity contribution is -0.116. The summed E-state index contributed by atoms with van der Waals surface area (Å²) in [5.41, 5.74) is 0.416. The van der Waals surface area contributed by atoms with Crippen LogP contribution in [0, 0.1) is 5.95 Å². The summed E-state index contributed by atoms with van der Waals surface area (Å²) >= 11 is 0. The number of aromatic nitrogens is 5. The number of pyridine rings is 1. The minimum Gasteiger partial charge on any atom is -0.323 e. The Balaban J connectivity index is 1.95. The molecule has 0 atom stereocenters. The first-order valence-electron chi connectivity index (χ1n) is 4.36. The van der Waals surface area contributed by atoms with Gasteiger partial charge in [0, 0.05) is 0 Å². The molecule has 0 aliphatic carbocycles. The standard InChI is InChI=1S/C8H7FN6O/c9-7-2-1-6(3-10-7)12-8(16)4-15-5-11-13-14-15/h1-3,5H,4H2,(H,12,16). The number of nitrogens with zero attached hydrogens (tertiary/aromatic N) is 5. The van der Waals surface area contributed by atoms with Crippen LogP contribution in [0.4, 0.5) is 10.1 Å². The molecule has 0 unspecified atom stereocenters. The van der Waals surface area contributed by atoms with Crippen molar-refractivity contribution < 1.29 is 9.18 Å². The number of carbonyl (C=O) groups excluding carboxylic acids is 1. The Morgan fingerprint density at radius 1 is 1.50 bits per heavy atom. The fraction of sp³-hybridized carbons (Fsp3) is 0.125. The van der Waals surface area contributed by atoms with Gasteiger partial charge in [-0.25, -0.2) is 9.67 Å². The Kier molecular flexibility index (Phi) is 2.81. The normalized spacial score (nSPS) is 10.1. The molecule has 1 N–H and O–H groups in total. The zero-order valence-corrected chi connectivity index (χ0v) is 8.04. The van der Waals surface area contributed by atoms with Gasteiger partial charge in [-0.2, -0.15) is 4.39 Å². The van der Waals surface area contributed by atoms with Crippen molar-refractivity contribution in [3.8, 4) is 0 Å². The van der Waals surface area contributed by atoms with Crippen molar-refractivity contribution in [1.29, 1.82) is 0 Å². The molecule has 0 radical (unpaired) electrons. The van der Waals surface area contributed by atoms with E-state index in [9.17, 15) is 9.18 Å². The van der Waals surface area contributed by atoms with E-state index >= 15 is 0 Å². The van der Waals surface area contributed by atoms with Gasteiger partial charge in [-0.05, 0) is 22.6 Å². The zero-order chi connectivity index (χ0) is 11.4. The number of hydrogen-bond donors (Lipinski definition) is 1. The highest BCUT2D eigenvalue weighted by atomic mass is 19.1. The first-order chi connectivity index (χ1) is 7.74. The van der Waals surface area contributed by atoms with Gasteiger partial charge in [0.1, 0.15) is 12.9 Å². The predicted molar refractivity (Wildman–Crippen MR) is 50.6 cm³/mol. The van der Waals surface area contributed by atoms with Gasteiger partial charge in [0.2, 0.25) is 11.9 Å². The lowest BCUT2D eigenvalue weighted by Crippen LogP contribution is -2.19. The molecule has 16 heavy (non-hydrogen) atoms. The van der Waals surface area contributed by atoms with Crippen molar-refractivity contribution in [1.82, 2.24) is 25.2 Å². The summed E-state index contributed by atoms with van der Waals surface area (Å²) in [5.74, 6) is -0.917. The van der Waals surface area contributed by atoms with Gasteiger partial charge in [0.25, 0.3) is 0 Å². The average Bonchev–Trinajstić information content (AvgIpc) is 2.74. The lowest BCUT2D eigenvalue weighted by atomic mass is 10.4. The molecule has 2 aromatic rings. The summed E-state index contributed by atoms with van der Waals surface area (Å²) in [6, 6.07) is 2.58. The molecule has 0 aliphatic heterocycles. The quantitative estimate of drug-likeness (QED) is 0.729. The highest BCUT2D eigenvalue weighted by Gasteiger charge is 2.04. The van der Waals surface area contributed by atoms with Crippen LogP contribution in [0.15, 0.2) is 24.7 Å². The molecule has 0 aliphatic rings. The summed E-state index contributed by atoms with van der Waals surface area (Å²) in [4.78, 5) is 14.8. The highest BCUT2D eigenvalue weighted by Crippen LogP contribution is 2.04. The van der Waals surface area contributed by atoms with Crippen molar-refractivity contribution in [2.75, 3.05) is 5.32 Å². The van der Waals surface area contributed by atoms with Crippen LogP contribution in [-0.2, 0) is 11.3 Å². The molecule has 2 rings (SSSR count). The van der Waals surface area contributed by atoms with Gasteiger partial charge in [-0.15, -0.1) is 5.10 Å². The van der Waals surface area contributed by atoms with Gasteiger partial charge in [-0.3, -0.25) is 4.79 Å². The highest BCUT2D eigenvalue weighted by molar-refractivity contribution is 5.90. The van der Waals surface area contributed by atoms with Crippen molar-refractivity contribution in [3.63, 3.8) is 0 Å². The summed E-state index contributed by atoms with van der Waals surface area (Å²) in [6.45, 7) is -0.00955. The van der Waals surface area contributed by atoms with Crippen LogP contribution < -0.4 is 5.32 Å². The maximum Gasteiger partial charge on any atom is 0.246 e. The van der Waals surface area contributed by atoms with Crippen molar-refractivity contribution >= 4 is 11.6 Å². The summed E-state index contributed by atoms with van der Waals surface area (Å²) in [6.07, 6.45) is 2.55. The second kappa shape index (κ2) is 4.43. The molecule has 0 aromatic carbocycles. The molecule has 1 amide bonds. The van der Waals surface area contributed by atoms with Crippen LogP contribution in [0.1, 0.15) is 0 Å². The van der Waals surface area contributed by atoms with E-state index < -0.39 is 5.95 Å². The largest absolute Gasteiger partial charge is 0.323 e. The third kappa shape index (κ3) is 2.56. The number of carbonyl (C=O) groups is 1. The summed E-state index contributed by atoms with van der Waals surface area (Å²) in [5, 5.41) is 12.8. The first-order valence-corrected chi connectivity index (χ1v) is 4.36. The fourth-order valence-electron chi connectivity index (χ4n) is 1.05. The molecule has 0 spiro atoms. The second-order valence-electron chi connectivity index (χ2n) is 2.93. The SMILES string of the molecule is O=C(Cn1cnnn1)Nc1ccc(F)nc1. The van der Waals surface area contributed by atoms with E-state index in [0.717, 1.165) is 6.07 Å². The average molecular weight is 222 g/mol. The van der Waals surface area contributed by atoms with Gasteiger partial charge in [0.15, 0.2) is 0 Å². The van der Waals surface area contributed by atoms with Crippen molar-refractivity contribution in [3.05, 3.63) is 30.6 Å². The molecule has 82 valence electrons. The molecule has 0 fully saturated rings. The van der Waals surface area contributed by atoms with E-state index in [4.69, 9.17) is 0 Å². The maximum atomic E-state index is 12.5. The Bertz CT molecular complexity index is 468. The molecule has 8 heteroatoms. The maximum absolute atomic E-state index is 12.5. The van der Waals surface area contributed by atoms with Gasteiger partial charge in [0.05, 0.1) is 11.9 Å². The van der Waals surface area contributed by atoms with Crippen molar-refractivity contribution in [2.24, 2.45) is 0 Å². The first kappa shape index (κ1) is 10.1. The summed E-state index contributed by atoms with van der Waals surface area (Å²) < 4.78 is 13.7. The van der Waals surface area contributed by atoms with E-state index in [1.54, 1.807) is 0 Å². The monoisotopic (exact) mass is 222 g/mol. The molecular formula is C8H7FN6O. The topological polar surface area (TPSA) is 85.6 Å². The van der Waals surface area contributed by atoms with Crippen LogP contribution in [0.5, 0.6) is 0 Å². The van der Waals surface area contributed by atoms with E-state index in [2.05, 4.69) is 25.8 Å². The Labute approximate surface area is 89.3 Å². The third-order valence-electron chi connectivity index (χ3n) is 1.71. The molecule has 0 saturated carbocycles. The zero-order valence-electron chi connectivity index (χ0n) is 8.04. The van der Waals surface area contributed by atoms with Crippen LogP contribution in [-0.4, -0.2) is 31.1 Å². The van der Waals surface area contributed by atoms with Gasteiger partial charge in [-0.1, -0.05) is 0 Å². The van der Waals surface area contributed by atoms with Gasteiger partial charge >= 0.3 is 0 Å². The number of hydrogen-bond acceptors (Lipinski definition) is 5. The Hall–Kier alpha value is -2.38. The summed E-state index contributed by atoms with van der Waals surface area (Å²) in [7, 11) is 0. The van der Waals surface area contributed by atoms with Crippen molar-refractivity contribution in [2.45, 2.75) is 6.54 Å². The van der Waals surface area contributed by atoms with Gasteiger partial charge < -0.3 is 5.32 Å². The van der Waals surface area contributed by atoms with Crippen LogP contribution in [0.25, 0.3) is 0 Å². The smallest absolute Gasteiger partial charge is 0.246 e.